The summed E-state index contributed by atoms with van der Waals surface area (Å²) in [5.74, 6) is 0.249. The van der Waals surface area contributed by atoms with Crippen LogP contribution in [0.2, 0.25) is 0 Å². The molecular formula is C7H12N2OS. The summed E-state index contributed by atoms with van der Waals surface area (Å²) in [7, 11) is 0. The average molecular weight is 172 g/mol. The summed E-state index contributed by atoms with van der Waals surface area (Å²) in [5, 5.41) is 2.80. The molecule has 11 heavy (non-hydrogen) atoms. The second kappa shape index (κ2) is 2.38. The topological polar surface area (TPSA) is 32.3 Å². The first-order valence-corrected chi connectivity index (χ1v) is 4.35. The largest absolute Gasteiger partial charge is 0.354 e. The number of hydrogen-bond acceptors (Lipinski definition) is 3. The maximum Gasteiger partial charge on any atom is 0.228 e. The third kappa shape index (κ3) is 1.05. The Bertz CT molecular complexity index is 187. The number of thiol groups is 1. The molecular weight excluding hydrogens is 160 g/mol. The summed E-state index contributed by atoms with van der Waals surface area (Å²) < 4.78 is 1.98. The fourth-order valence-corrected chi connectivity index (χ4v) is 1.94. The molecule has 0 bridgehead atoms. The third-order valence-electron chi connectivity index (χ3n) is 2.77. The molecule has 1 spiro atoms. The van der Waals surface area contributed by atoms with E-state index in [1.807, 2.05) is 4.31 Å². The standard InChI is InChI=1S/C7H12N2OS/c10-6-7(5-8-6)1-3-9(11)4-2-7/h11H,1-5H2,(H,8,10). The van der Waals surface area contributed by atoms with Gasteiger partial charge in [-0.2, -0.15) is 0 Å². The highest BCUT2D eigenvalue weighted by Crippen LogP contribution is 2.36. The molecule has 2 fully saturated rings. The predicted octanol–water partition coefficient (Wildman–Crippen LogP) is 0.0432. The van der Waals surface area contributed by atoms with Crippen LogP contribution in [-0.4, -0.2) is 29.8 Å². The zero-order valence-corrected chi connectivity index (χ0v) is 7.23. The molecule has 2 aliphatic rings. The number of hydrogen-bond donors (Lipinski definition) is 2. The Morgan fingerprint density at radius 2 is 2.09 bits per heavy atom. The third-order valence-corrected chi connectivity index (χ3v) is 3.17. The van der Waals surface area contributed by atoms with Gasteiger partial charge in [0, 0.05) is 19.6 Å². The number of β-lactam (4-membered cyclic amide) rings is 1. The molecule has 62 valence electrons. The first-order chi connectivity index (χ1) is 5.23. The molecule has 2 heterocycles. The van der Waals surface area contributed by atoms with E-state index >= 15 is 0 Å². The first-order valence-electron chi connectivity index (χ1n) is 3.95. The molecule has 1 N–H and O–H groups in total. The lowest BCUT2D eigenvalue weighted by molar-refractivity contribution is -0.142. The predicted molar refractivity (Wildman–Crippen MR) is 45.2 cm³/mol. The van der Waals surface area contributed by atoms with Gasteiger partial charge in [-0.25, -0.2) is 0 Å². The van der Waals surface area contributed by atoms with Crippen LogP contribution in [0, 0.1) is 5.41 Å². The lowest BCUT2D eigenvalue weighted by atomic mass is 9.73. The van der Waals surface area contributed by atoms with Crippen molar-refractivity contribution in [1.29, 1.82) is 0 Å². The Labute approximate surface area is 71.7 Å². The quantitative estimate of drug-likeness (QED) is 0.399. The summed E-state index contributed by atoms with van der Waals surface area (Å²) in [6.45, 7) is 2.76. The van der Waals surface area contributed by atoms with Crippen LogP contribution < -0.4 is 5.32 Å². The highest BCUT2D eigenvalue weighted by molar-refractivity contribution is 7.77. The lowest BCUT2D eigenvalue weighted by Gasteiger charge is -2.45. The van der Waals surface area contributed by atoms with Crippen molar-refractivity contribution in [1.82, 2.24) is 9.62 Å². The maximum absolute atomic E-state index is 11.2. The highest BCUT2D eigenvalue weighted by Gasteiger charge is 2.47. The van der Waals surface area contributed by atoms with Gasteiger partial charge in [0.15, 0.2) is 0 Å². The minimum Gasteiger partial charge on any atom is -0.354 e. The summed E-state index contributed by atoms with van der Waals surface area (Å²) in [4.78, 5) is 11.2. The number of carbonyl (C=O) groups excluding carboxylic acids is 1. The van der Waals surface area contributed by atoms with Crippen molar-refractivity contribution < 1.29 is 4.79 Å². The molecule has 0 aromatic carbocycles. The number of nitrogens with zero attached hydrogens (tertiary/aromatic N) is 1. The van der Waals surface area contributed by atoms with Crippen LogP contribution in [0.4, 0.5) is 0 Å². The number of nitrogens with one attached hydrogen (secondary N) is 1. The van der Waals surface area contributed by atoms with Gasteiger partial charge >= 0.3 is 0 Å². The van der Waals surface area contributed by atoms with Crippen molar-refractivity contribution in [2.24, 2.45) is 5.41 Å². The van der Waals surface area contributed by atoms with Crippen LogP contribution >= 0.6 is 12.8 Å². The maximum atomic E-state index is 11.2. The molecule has 0 aromatic rings. The molecule has 2 saturated heterocycles. The first kappa shape index (κ1) is 7.43. The monoisotopic (exact) mass is 172 g/mol. The molecule has 0 radical (unpaired) electrons. The van der Waals surface area contributed by atoms with Gasteiger partial charge in [0.1, 0.15) is 0 Å². The molecule has 1 amide bonds. The van der Waals surface area contributed by atoms with Crippen LogP contribution in [0.25, 0.3) is 0 Å². The minimum atomic E-state index is -0.000764. The summed E-state index contributed by atoms with van der Waals surface area (Å²) in [5.41, 5.74) is -0.000764. The van der Waals surface area contributed by atoms with E-state index < -0.39 is 0 Å². The average Bonchev–Trinajstić information content (AvgIpc) is 2.03. The number of piperidine rings is 1. The Morgan fingerprint density at radius 1 is 1.45 bits per heavy atom. The van der Waals surface area contributed by atoms with Gasteiger partial charge in [-0.3, -0.25) is 9.10 Å². The number of carbonyl (C=O) groups is 1. The normalized spacial score (nSPS) is 29.7. The van der Waals surface area contributed by atoms with Gasteiger partial charge in [0.05, 0.1) is 5.41 Å². The second-order valence-electron chi connectivity index (χ2n) is 3.42. The number of rotatable bonds is 0. The van der Waals surface area contributed by atoms with Crippen LogP contribution in [0.3, 0.4) is 0 Å². The van der Waals surface area contributed by atoms with Crippen molar-refractivity contribution >= 4 is 18.7 Å². The van der Waals surface area contributed by atoms with E-state index in [1.54, 1.807) is 0 Å². The summed E-state index contributed by atoms with van der Waals surface area (Å²) in [6.07, 6.45) is 1.95. The Morgan fingerprint density at radius 3 is 2.45 bits per heavy atom. The van der Waals surface area contributed by atoms with Crippen molar-refractivity contribution in [3.63, 3.8) is 0 Å². The van der Waals surface area contributed by atoms with E-state index in [4.69, 9.17) is 0 Å². The van der Waals surface area contributed by atoms with Gasteiger partial charge in [-0.05, 0) is 12.8 Å². The fourth-order valence-electron chi connectivity index (χ4n) is 1.74. The Kier molecular flexibility index (Phi) is 1.61. The number of amides is 1. The van der Waals surface area contributed by atoms with Crippen LogP contribution in [0.15, 0.2) is 0 Å². The molecule has 0 aliphatic carbocycles. The van der Waals surface area contributed by atoms with Crippen LogP contribution in [0.5, 0.6) is 0 Å². The molecule has 3 nitrogen and oxygen atoms in total. The van der Waals surface area contributed by atoms with Gasteiger partial charge < -0.3 is 5.32 Å². The molecule has 0 saturated carbocycles. The molecule has 0 atom stereocenters. The van der Waals surface area contributed by atoms with Crippen molar-refractivity contribution in [3.8, 4) is 0 Å². The zero-order valence-electron chi connectivity index (χ0n) is 6.34. The van der Waals surface area contributed by atoms with Gasteiger partial charge in [-0.1, -0.05) is 12.8 Å². The highest BCUT2D eigenvalue weighted by atomic mass is 32.1. The zero-order chi connectivity index (χ0) is 7.90. The summed E-state index contributed by atoms with van der Waals surface area (Å²) in [6, 6.07) is 0. The SMILES string of the molecule is O=C1NCC12CCN(S)CC2. The molecule has 2 aliphatic heterocycles. The molecule has 4 heteroatoms. The fraction of sp³-hybridized carbons (Fsp3) is 0.857. The van der Waals surface area contributed by atoms with E-state index in [2.05, 4.69) is 18.1 Å². The summed E-state index contributed by atoms with van der Waals surface area (Å²) >= 11 is 4.23. The minimum absolute atomic E-state index is 0.000764. The van der Waals surface area contributed by atoms with Crippen molar-refractivity contribution in [3.05, 3.63) is 0 Å². The lowest BCUT2D eigenvalue weighted by Crippen LogP contribution is -2.62. The Hall–Kier alpha value is -0.220. The smallest absolute Gasteiger partial charge is 0.228 e. The van der Waals surface area contributed by atoms with E-state index in [0.717, 1.165) is 32.5 Å². The van der Waals surface area contributed by atoms with E-state index in [1.165, 1.54) is 0 Å². The molecule has 0 aromatic heterocycles. The van der Waals surface area contributed by atoms with Crippen LogP contribution in [0.1, 0.15) is 12.8 Å². The van der Waals surface area contributed by atoms with E-state index in [9.17, 15) is 4.79 Å². The van der Waals surface area contributed by atoms with E-state index in [-0.39, 0.29) is 11.3 Å². The van der Waals surface area contributed by atoms with Crippen molar-refractivity contribution in [2.45, 2.75) is 12.8 Å². The molecule has 0 unspecified atom stereocenters. The van der Waals surface area contributed by atoms with Gasteiger partial charge in [0.2, 0.25) is 5.91 Å². The van der Waals surface area contributed by atoms with Crippen LogP contribution in [-0.2, 0) is 4.79 Å². The van der Waals surface area contributed by atoms with Crippen molar-refractivity contribution in [2.75, 3.05) is 19.6 Å². The van der Waals surface area contributed by atoms with Gasteiger partial charge in [-0.15, -0.1) is 0 Å². The van der Waals surface area contributed by atoms with Gasteiger partial charge in [0.25, 0.3) is 0 Å². The second-order valence-corrected chi connectivity index (χ2v) is 3.98. The molecule has 2 rings (SSSR count). The Balaban J connectivity index is 2.01. The van der Waals surface area contributed by atoms with E-state index in [0.29, 0.717) is 0 Å².